The van der Waals surface area contributed by atoms with E-state index in [-0.39, 0.29) is 0 Å². The summed E-state index contributed by atoms with van der Waals surface area (Å²) in [5.41, 5.74) is 0. The van der Waals surface area contributed by atoms with Crippen LogP contribution in [0.25, 0.3) is 0 Å². The number of rotatable bonds is 3. The van der Waals surface area contributed by atoms with E-state index in [1.54, 1.807) is 0 Å². The molecule has 1 unspecified atom stereocenters. The van der Waals surface area contributed by atoms with Gasteiger partial charge in [0.05, 0.1) is 0 Å². The average molecular weight is 220 g/mol. The van der Waals surface area contributed by atoms with E-state index in [9.17, 15) is 13.2 Å². The van der Waals surface area contributed by atoms with Crippen molar-refractivity contribution < 1.29 is 18.3 Å². The molecule has 1 heterocycles. The molecule has 0 aliphatic rings. The summed E-state index contributed by atoms with van der Waals surface area (Å²) in [4.78, 5) is 10.5. The van der Waals surface area contributed by atoms with E-state index >= 15 is 0 Å². The Bertz CT molecular complexity index is 450. The summed E-state index contributed by atoms with van der Waals surface area (Å²) in [6.45, 7) is 1.06. The number of hydrogen-bond donors (Lipinski definition) is 1. The zero-order valence-electron chi connectivity index (χ0n) is 7.45. The lowest BCUT2D eigenvalue weighted by molar-refractivity contribution is -0.136. The summed E-state index contributed by atoms with van der Waals surface area (Å²) in [5.74, 6) is -1.44. The Morgan fingerprint density at radius 3 is 2.50 bits per heavy atom. The fraction of sp³-hybridized carbons (Fsp3) is 0.600. The second-order valence-corrected chi connectivity index (χ2v) is 4.77. The maximum Gasteiger partial charge on any atom is 0.322 e. The molecule has 0 spiro atoms. The monoisotopic (exact) mass is 220 g/mol. The topological polar surface area (TPSA) is 115 Å². The van der Waals surface area contributed by atoms with Crippen LogP contribution in [0.5, 0.6) is 0 Å². The van der Waals surface area contributed by atoms with Gasteiger partial charge in [0.25, 0.3) is 5.16 Å². The minimum atomic E-state index is -4.00. The Labute approximate surface area is 79.5 Å². The van der Waals surface area contributed by atoms with Gasteiger partial charge in [-0.2, -0.15) is 0 Å². The first-order chi connectivity index (χ1) is 6.37. The molecule has 14 heavy (non-hydrogen) atoms. The van der Waals surface area contributed by atoms with Crippen molar-refractivity contribution in [1.29, 1.82) is 0 Å². The van der Waals surface area contributed by atoms with Crippen LogP contribution in [0.4, 0.5) is 0 Å². The van der Waals surface area contributed by atoms with Gasteiger partial charge in [0.2, 0.25) is 9.84 Å². The molecule has 0 fully saturated rings. The molecule has 0 bridgehead atoms. The highest BCUT2D eigenvalue weighted by molar-refractivity contribution is 7.92. The van der Waals surface area contributed by atoms with Crippen LogP contribution in [0.2, 0.25) is 0 Å². The van der Waals surface area contributed by atoms with Crippen molar-refractivity contribution in [2.75, 3.05) is 0 Å². The Balaban J connectivity index is 3.22. The standard InChI is InChI=1S/C5H8N4O4S/c1-3(4(10)11)14(12,13)5-6-7-8-9(5)2/h3H,1-2H3,(H,10,11). The summed E-state index contributed by atoms with van der Waals surface area (Å²) in [6.07, 6.45) is 0. The Morgan fingerprint density at radius 1 is 1.57 bits per heavy atom. The Morgan fingerprint density at radius 2 is 2.14 bits per heavy atom. The second kappa shape index (κ2) is 3.33. The molecule has 1 aromatic rings. The summed E-state index contributed by atoms with van der Waals surface area (Å²) >= 11 is 0. The van der Waals surface area contributed by atoms with Crippen molar-refractivity contribution in [3.63, 3.8) is 0 Å². The van der Waals surface area contributed by atoms with Gasteiger partial charge in [0, 0.05) is 7.05 Å². The van der Waals surface area contributed by atoms with Crippen molar-refractivity contribution in [3.05, 3.63) is 0 Å². The lowest BCUT2D eigenvalue weighted by atomic mass is 10.5. The van der Waals surface area contributed by atoms with Gasteiger partial charge in [-0.15, -0.1) is 0 Å². The zero-order valence-corrected chi connectivity index (χ0v) is 8.26. The fourth-order valence-electron chi connectivity index (χ4n) is 0.753. The first kappa shape index (κ1) is 10.6. The number of hydrogen-bond acceptors (Lipinski definition) is 6. The van der Waals surface area contributed by atoms with Gasteiger partial charge in [0.1, 0.15) is 0 Å². The van der Waals surface area contributed by atoms with Crippen molar-refractivity contribution in [2.24, 2.45) is 7.05 Å². The van der Waals surface area contributed by atoms with E-state index in [1.165, 1.54) is 7.05 Å². The molecule has 0 saturated carbocycles. The third kappa shape index (κ3) is 1.58. The Kier molecular flexibility index (Phi) is 2.51. The van der Waals surface area contributed by atoms with Gasteiger partial charge in [-0.05, 0) is 17.4 Å². The molecule has 9 heteroatoms. The zero-order chi connectivity index (χ0) is 10.9. The molecular formula is C5H8N4O4S. The van der Waals surface area contributed by atoms with Gasteiger partial charge < -0.3 is 5.11 Å². The van der Waals surface area contributed by atoms with E-state index in [2.05, 4.69) is 15.5 Å². The highest BCUT2D eigenvalue weighted by Crippen LogP contribution is 2.11. The number of aliphatic carboxylic acids is 1. The minimum absolute atomic E-state index is 0.451. The van der Waals surface area contributed by atoms with E-state index in [0.717, 1.165) is 11.6 Å². The van der Waals surface area contributed by atoms with E-state index in [1.807, 2.05) is 0 Å². The molecule has 78 valence electrons. The van der Waals surface area contributed by atoms with Crippen LogP contribution in [0.3, 0.4) is 0 Å². The number of tetrazole rings is 1. The van der Waals surface area contributed by atoms with Crippen LogP contribution in [0, 0.1) is 0 Å². The van der Waals surface area contributed by atoms with Crippen LogP contribution in [-0.2, 0) is 21.7 Å². The Hall–Kier alpha value is -1.51. The first-order valence-corrected chi connectivity index (χ1v) is 5.11. The molecule has 0 amide bonds. The highest BCUT2D eigenvalue weighted by Gasteiger charge is 2.33. The number of nitrogens with zero attached hydrogens (tertiary/aromatic N) is 4. The normalized spacial score (nSPS) is 13.9. The predicted octanol–water partition coefficient (Wildman–Crippen LogP) is -1.54. The van der Waals surface area contributed by atoms with Crippen LogP contribution in [0.1, 0.15) is 6.92 Å². The van der Waals surface area contributed by atoms with Gasteiger partial charge in [-0.3, -0.25) is 4.79 Å². The molecule has 0 aromatic carbocycles. The number of carboxylic acid groups (broad SMARTS) is 1. The third-order valence-corrected chi connectivity index (χ3v) is 3.64. The number of sulfone groups is 1. The maximum absolute atomic E-state index is 11.5. The number of carboxylic acids is 1. The molecular weight excluding hydrogens is 212 g/mol. The summed E-state index contributed by atoms with van der Waals surface area (Å²) < 4.78 is 23.9. The maximum atomic E-state index is 11.5. The van der Waals surface area contributed by atoms with Crippen LogP contribution in [-0.4, -0.2) is 45.0 Å². The van der Waals surface area contributed by atoms with Crippen molar-refractivity contribution >= 4 is 15.8 Å². The molecule has 8 nitrogen and oxygen atoms in total. The van der Waals surface area contributed by atoms with Gasteiger partial charge in [0.15, 0.2) is 5.25 Å². The summed E-state index contributed by atoms with van der Waals surface area (Å²) in [5, 5.41) is 16.2. The second-order valence-electron chi connectivity index (χ2n) is 2.61. The van der Waals surface area contributed by atoms with E-state index < -0.39 is 26.2 Å². The smallest absolute Gasteiger partial charge is 0.322 e. The molecule has 1 atom stereocenters. The van der Waals surface area contributed by atoms with Crippen LogP contribution in [0.15, 0.2) is 5.16 Å². The molecule has 0 aliphatic carbocycles. The van der Waals surface area contributed by atoms with Gasteiger partial charge in [-0.1, -0.05) is 5.10 Å². The summed E-state index contributed by atoms with van der Waals surface area (Å²) in [6, 6.07) is 0. The third-order valence-electron chi connectivity index (χ3n) is 1.65. The molecule has 0 aliphatic heterocycles. The highest BCUT2D eigenvalue weighted by atomic mass is 32.2. The summed E-state index contributed by atoms with van der Waals surface area (Å²) in [7, 11) is -2.68. The minimum Gasteiger partial charge on any atom is -0.480 e. The van der Waals surface area contributed by atoms with Crippen LogP contribution >= 0.6 is 0 Å². The lowest BCUT2D eigenvalue weighted by Crippen LogP contribution is -2.29. The molecule has 0 radical (unpaired) electrons. The molecule has 1 rings (SSSR count). The first-order valence-electron chi connectivity index (χ1n) is 3.56. The van der Waals surface area contributed by atoms with Crippen molar-refractivity contribution in [1.82, 2.24) is 20.2 Å². The van der Waals surface area contributed by atoms with Crippen molar-refractivity contribution in [3.8, 4) is 0 Å². The van der Waals surface area contributed by atoms with Gasteiger partial charge >= 0.3 is 5.97 Å². The number of aryl methyl sites for hydroxylation is 1. The average Bonchev–Trinajstić information content (AvgIpc) is 2.50. The SMILES string of the molecule is CC(C(=O)O)S(=O)(=O)c1nnnn1C. The number of aromatic nitrogens is 4. The predicted molar refractivity (Wildman–Crippen MR) is 43.1 cm³/mol. The number of carbonyl (C=O) groups is 1. The molecule has 1 N–H and O–H groups in total. The van der Waals surface area contributed by atoms with Gasteiger partial charge in [-0.25, -0.2) is 13.1 Å². The lowest BCUT2D eigenvalue weighted by Gasteiger charge is -2.05. The fourth-order valence-corrected chi connectivity index (χ4v) is 1.89. The van der Waals surface area contributed by atoms with Crippen LogP contribution < -0.4 is 0 Å². The largest absolute Gasteiger partial charge is 0.480 e. The van der Waals surface area contributed by atoms with E-state index in [4.69, 9.17) is 5.11 Å². The quantitative estimate of drug-likeness (QED) is 0.656. The molecule has 0 saturated heterocycles. The van der Waals surface area contributed by atoms with E-state index in [0.29, 0.717) is 0 Å². The molecule has 1 aromatic heterocycles. The van der Waals surface area contributed by atoms with Crippen molar-refractivity contribution in [2.45, 2.75) is 17.3 Å².